The second-order valence-electron chi connectivity index (χ2n) is 5.95. The summed E-state index contributed by atoms with van der Waals surface area (Å²) in [5, 5.41) is 10.6. The molecule has 0 amide bonds. The van der Waals surface area contributed by atoms with Crippen molar-refractivity contribution in [2.24, 2.45) is 0 Å². The summed E-state index contributed by atoms with van der Waals surface area (Å²) in [6.45, 7) is 4.76. The molecular weight excluding hydrogens is 314 g/mol. The number of benzene rings is 1. The maximum absolute atomic E-state index is 11.9. The molecule has 7 heteroatoms. The highest BCUT2D eigenvalue weighted by atomic mass is 16.6. The van der Waals surface area contributed by atoms with Crippen LogP contribution in [-0.2, 0) is 14.3 Å². The summed E-state index contributed by atoms with van der Waals surface area (Å²) < 4.78 is 16.1. The van der Waals surface area contributed by atoms with Crippen molar-refractivity contribution in [3.05, 3.63) is 34.4 Å². The van der Waals surface area contributed by atoms with E-state index in [1.165, 1.54) is 12.1 Å². The first-order chi connectivity index (χ1) is 11.5. The lowest BCUT2D eigenvalue weighted by molar-refractivity contribution is -0.384. The zero-order valence-corrected chi connectivity index (χ0v) is 14.0. The summed E-state index contributed by atoms with van der Waals surface area (Å²) in [4.78, 5) is 22.0. The number of nitro benzene ring substituents is 1. The van der Waals surface area contributed by atoms with Crippen molar-refractivity contribution in [2.75, 3.05) is 13.2 Å². The van der Waals surface area contributed by atoms with Gasteiger partial charge in [0, 0.05) is 12.1 Å². The van der Waals surface area contributed by atoms with Crippen molar-refractivity contribution in [3.63, 3.8) is 0 Å². The zero-order chi connectivity index (χ0) is 17.6. The first-order valence-electron chi connectivity index (χ1n) is 8.19. The summed E-state index contributed by atoms with van der Waals surface area (Å²) in [5.41, 5.74) is -0.643. The van der Waals surface area contributed by atoms with Gasteiger partial charge in [0.2, 0.25) is 0 Å². The normalized spacial score (nSPS) is 20.2. The lowest BCUT2D eigenvalue weighted by Crippen LogP contribution is -2.29. The molecule has 1 aliphatic rings. The van der Waals surface area contributed by atoms with Gasteiger partial charge in [-0.05, 0) is 44.7 Å². The van der Waals surface area contributed by atoms with Gasteiger partial charge in [-0.2, -0.15) is 0 Å². The minimum Gasteiger partial charge on any atom is -0.494 e. The van der Waals surface area contributed by atoms with Gasteiger partial charge in [0.05, 0.1) is 24.2 Å². The average molecular weight is 337 g/mol. The number of nitrogens with zero attached hydrogens (tertiary/aromatic N) is 1. The maximum atomic E-state index is 11.9. The van der Waals surface area contributed by atoms with E-state index >= 15 is 0 Å². The van der Waals surface area contributed by atoms with Gasteiger partial charge < -0.3 is 14.2 Å². The highest BCUT2D eigenvalue weighted by Crippen LogP contribution is 2.32. The molecule has 0 aliphatic carbocycles. The van der Waals surface area contributed by atoms with Crippen LogP contribution in [0.2, 0.25) is 0 Å². The Morgan fingerprint density at radius 1 is 1.38 bits per heavy atom. The molecular formula is C17H23NO6. The third-order valence-electron chi connectivity index (χ3n) is 4.07. The van der Waals surface area contributed by atoms with Crippen LogP contribution in [0.3, 0.4) is 0 Å². The van der Waals surface area contributed by atoms with Crippen molar-refractivity contribution in [2.45, 2.75) is 51.2 Å². The molecule has 0 radical (unpaired) electrons. The Balaban J connectivity index is 1.59. The number of rotatable bonds is 10. The van der Waals surface area contributed by atoms with Crippen LogP contribution in [0.4, 0.5) is 5.69 Å². The van der Waals surface area contributed by atoms with E-state index in [2.05, 4.69) is 0 Å². The van der Waals surface area contributed by atoms with Gasteiger partial charge in [-0.1, -0.05) is 6.92 Å². The van der Waals surface area contributed by atoms with E-state index in [1.807, 2.05) is 13.8 Å². The van der Waals surface area contributed by atoms with Gasteiger partial charge in [0.15, 0.2) is 5.60 Å². The van der Waals surface area contributed by atoms with Gasteiger partial charge in [0.1, 0.15) is 5.75 Å². The van der Waals surface area contributed by atoms with Crippen molar-refractivity contribution in [3.8, 4) is 5.75 Å². The lowest BCUT2D eigenvalue weighted by atomic mass is 10.1. The molecule has 24 heavy (non-hydrogen) atoms. The van der Waals surface area contributed by atoms with Crippen LogP contribution in [0.25, 0.3) is 0 Å². The molecule has 0 saturated carbocycles. The topological polar surface area (TPSA) is 91.2 Å². The van der Waals surface area contributed by atoms with Crippen LogP contribution in [0.5, 0.6) is 5.75 Å². The number of hydrogen-bond acceptors (Lipinski definition) is 6. The summed E-state index contributed by atoms with van der Waals surface area (Å²) in [6.07, 6.45) is 2.93. The van der Waals surface area contributed by atoms with Crippen molar-refractivity contribution in [1.82, 2.24) is 0 Å². The molecule has 1 aliphatic heterocycles. The first kappa shape index (κ1) is 18.2. The predicted octanol–water partition coefficient (Wildman–Crippen LogP) is 3.25. The van der Waals surface area contributed by atoms with Gasteiger partial charge >= 0.3 is 5.97 Å². The van der Waals surface area contributed by atoms with Crippen molar-refractivity contribution < 1.29 is 23.9 Å². The Labute approximate surface area is 141 Å². The highest BCUT2D eigenvalue weighted by molar-refractivity contribution is 5.82. The van der Waals surface area contributed by atoms with Crippen LogP contribution in [0.1, 0.15) is 39.5 Å². The molecule has 7 nitrogen and oxygen atoms in total. The number of epoxide rings is 1. The molecule has 0 bridgehead atoms. The van der Waals surface area contributed by atoms with E-state index in [0.717, 1.165) is 19.3 Å². The van der Waals surface area contributed by atoms with Crippen LogP contribution in [0, 0.1) is 10.1 Å². The second-order valence-corrected chi connectivity index (χ2v) is 5.95. The molecule has 0 N–H and O–H groups in total. The van der Waals surface area contributed by atoms with Gasteiger partial charge in [-0.3, -0.25) is 10.1 Å². The standard InChI is InChI=1S/C17H23NO6/c1-3-17(12-23-17)16(19)24-13(2)6-4-5-11-22-15-9-7-14(8-10-15)18(20)21/h7-10,13H,3-6,11-12H2,1-2H3. The number of carbonyl (C=O) groups is 1. The first-order valence-corrected chi connectivity index (χ1v) is 8.19. The van der Waals surface area contributed by atoms with Crippen molar-refractivity contribution >= 4 is 11.7 Å². The molecule has 1 heterocycles. The smallest absolute Gasteiger partial charge is 0.341 e. The van der Waals surface area contributed by atoms with Crippen molar-refractivity contribution in [1.29, 1.82) is 0 Å². The van der Waals surface area contributed by atoms with E-state index in [9.17, 15) is 14.9 Å². The van der Waals surface area contributed by atoms with Crippen LogP contribution in [-0.4, -0.2) is 35.8 Å². The zero-order valence-electron chi connectivity index (χ0n) is 14.0. The number of esters is 1. The third kappa shape index (κ3) is 4.92. The number of hydrogen-bond donors (Lipinski definition) is 0. The fraction of sp³-hybridized carbons (Fsp3) is 0.588. The molecule has 2 unspecified atom stereocenters. The Bertz CT molecular complexity index is 567. The van der Waals surface area contributed by atoms with Crippen LogP contribution in [0.15, 0.2) is 24.3 Å². The number of nitro groups is 1. The van der Waals surface area contributed by atoms with E-state index in [1.54, 1.807) is 12.1 Å². The Morgan fingerprint density at radius 3 is 2.58 bits per heavy atom. The Morgan fingerprint density at radius 2 is 2.04 bits per heavy atom. The highest BCUT2D eigenvalue weighted by Gasteiger charge is 2.52. The fourth-order valence-corrected chi connectivity index (χ4v) is 2.29. The van der Waals surface area contributed by atoms with Gasteiger partial charge in [0.25, 0.3) is 5.69 Å². The number of carbonyl (C=O) groups excluding carboxylic acids is 1. The number of non-ortho nitro benzene ring substituents is 1. The molecule has 2 atom stereocenters. The molecule has 1 aromatic carbocycles. The summed E-state index contributed by atoms with van der Waals surface area (Å²) >= 11 is 0. The molecule has 0 aromatic heterocycles. The average Bonchev–Trinajstić information content (AvgIpc) is 3.36. The molecule has 2 rings (SSSR count). The minimum atomic E-state index is -0.687. The third-order valence-corrected chi connectivity index (χ3v) is 4.07. The summed E-state index contributed by atoms with van der Waals surface area (Å²) in [7, 11) is 0. The lowest BCUT2D eigenvalue weighted by Gasteiger charge is -2.16. The number of unbranched alkanes of at least 4 members (excludes halogenated alkanes) is 1. The Kier molecular flexibility index (Phi) is 6.14. The van der Waals surface area contributed by atoms with Crippen LogP contribution >= 0.6 is 0 Å². The Hall–Kier alpha value is -2.15. The van der Waals surface area contributed by atoms with E-state index < -0.39 is 10.5 Å². The largest absolute Gasteiger partial charge is 0.494 e. The predicted molar refractivity (Wildman–Crippen MR) is 87.0 cm³/mol. The minimum absolute atomic E-state index is 0.0440. The summed E-state index contributed by atoms with van der Waals surface area (Å²) in [5.74, 6) is 0.343. The quantitative estimate of drug-likeness (QED) is 0.214. The summed E-state index contributed by atoms with van der Waals surface area (Å²) in [6, 6.07) is 6.01. The van der Waals surface area contributed by atoms with Crippen LogP contribution < -0.4 is 4.74 Å². The monoisotopic (exact) mass is 337 g/mol. The molecule has 0 spiro atoms. The van der Waals surface area contributed by atoms with Gasteiger partial charge in [-0.15, -0.1) is 0 Å². The molecule has 1 saturated heterocycles. The molecule has 132 valence electrons. The fourth-order valence-electron chi connectivity index (χ4n) is 2.29. The van der Waals surface area contributed by atoms with E-state index in [0.29, 0.717) is 25.4 Å². The van der Waals surface area contributed by atoms with E-state index in [4.69, 9.17) is 14.2 Å². The number of ether oxygens (including phenoxy) is 3. The molecule has 1 fully saturated rings. The SMILES string of the molecule is CCC1(C(=O)OC(C)CCCCOc2ccc([N+](=O)[O-])cc2)CO1. The van der Waals surface area contributed by atoms with E-state index in [-0.39, 0.29) is 17.8 Å². The maximum Gasteiger partial charge on any atom is 0.341 e. The van der Waals surface area contributed by atoms with Gasteiger partial charge in [-0.25, -0.2) is 4.79 Å². The second kappa shape index (κ2) is 8.10. The molecule has 1 aromatic rings.